The number of aromatic nitrogens is 1. The van der Waals surface area contributed by atoms with Crippen LogP contribution in [0.4, 0.5) is 16.2 Å². The number of urea groups is 1. The van der Waals surface area contributed by atoms with Crippen molar-refractivity contribution in [3.8, 4) is 17.1 Å². The smallest absolute Gasteiger partial charge is 0.323 e. The Morgan fingerprint density at radius 2 is 1.89 bits per heavy atom. The third-order valence-electron chi connectivity index (χ3n) is 3.58. The van der Waals surface area contributed by atoms with Gasteiger partial charge in [0.25, 0.3) is 0 Å². The molecule has 3 rings (SSSR count). The maximum absolute atomic E-state index is 12.2. The second-order valence-corrected chi connectivity index (χ2v) is 5.26. The molecule has 3 aromatic rings. The summed E-state index contributed by atoms with van der Waals surface area (Å²) in [5.41, 5.74) is 8.56. The van der Waals surface area contributed by atoms with E-state index in [2.05, 4.69) is 15.6 Å². The van der Waals surface area contributed by atoms with Gasteiger partial charge in [-0.3, -0.25) is 0 Å². The van der Waals surface area contributed by atoms with Crippen molar-refractivity contribution in [1.82, 2.24) is 4.98 Å². The minimum absolute atomic E-state index is 0.358. The van der Waals surface area contributed by atoms with Gasteiger partial charge in [0.2, 0.25) is 0 Å². The van der Waals surface area contributed by atoms with E-state index in [9.17, 15) is 4.79 Å². The van der Waals surface area contributed by atoms with Gasteiger partial charge in [0.15, 0.2) is 12.2 Å². The van der Waals surface area contributed by atoms with Crippen LogP contribution in [0.1, 0.15) is 19.4 Å². The second-order valence-electron chi connectivity index (χ2n) is 5.26. The zero-order chi connectivity index (χ0) is 19.6. The summed E-state index contributed by atoms with van der Waals surface area (Å²) < 4.78 is 10.6. The molecular formula is C20H24N4O3. The van der Waals surface area contributed by atoms with Gasteiger partial charge >= 0.3 is 6.03 Å². The van der Waals surface area contributed by atoms with Crippen molar-refractivity contribution in [2.24, 2.45) is 5.73 Å². The van der Waals surface area contributed by atoms with E-state index in [-0.39, 0.29) is 6.03 Å². The molecule has 0 bridgehead atoms. The van der Waals surface area contributed by atoms with E-state index in [1.807, 2.05) is 32.0 Å². The first kappa shape index (κ1) is 20.0. The largest absolute Gasteiger partial charge is 0.496 e. The van der Waals surface area contributed by atoms with Gasteiger partial charge in [0.05, 0.1) is 18.9 Å². The highest BCUT2D eigenvalue weighted by atomic mass is 16.5. The van der Waals surface area contributed by atoms with Crippen molar-refractivity contribution in [2.45, 2.75) is 20.4 Å². The maximum Gasteiger partial charge on any atom is 0.323 e. The molecular weight excluding hydrogens is 344 g/mol. The number of nitrogens with one attached hydrogen (secondary N) is 2. The molecule has 2 amide bonds. The predicted octanol–water partition coefficient (Wildman–Crippen LogP) is 4.48. The number of nitrogens with zero attached hydrogens (tertiary/aromatic N) is 1. The molecule has 0 atom stereocenters. The molecule has 1 aromatic heterocycles. The highest BCUT2D eigenvalue weighted by molar-refractivity contribution is 6.00. The first-order valence-electron chi connectivity index (χ1n) is 8.63. The molecule has 4 N–H and O–H groups in total. The Labute approximate surface area is 158 Å². The molecule has 27 heavy (non-hydrogen) atoms. The van der Waals surface area contributed by atoms with Gasteiger partial charge < -0.3 is 25.5 Å². The van der Waals surface area contributed by atoms with Crippen molar-refractivity contribution in [3.05, 3.63) is 60.6 Å². The number of methoxy groups -OCH3 is 1. The predicted molar refractivity (Wildman–Crippen MR) is 107 cm³/mol. The van der Waals surface area contributed by atoms with E-state index in [1.165, 1.54) is 6.39 Å². The number of carbonyl (C=O) groups is 1. The summed E-state index contributed by atoms with van der Waals surface area (Å²) in [5.74, 6) is 1.16. The second kappa shape index (κ2) is 9.98. The summed E-state index contributed by atoms with van der Waals surface area (Å²) in [7, 11) is 1.55. The number of hydrogen-bond donors (Lipinski definition) is 3. The van der Waals surface area contributed by atoms with Crippen LogP contribution in [0.15, 0.2) is 59.5 Å². The van der Waals surface area contributed by atoms with Gasteiger partial charge in [-0.1, -0.05) is 26.0 Å². The topological polar surface area (TPSA) is 102 Å². The van der Waals surface area contributed by atoms with E-state index in [0.29, 0.717) is 29.4 Å². The van der Waals surface area contributed by atoms with Crippen molar-refractivity contribution >= 4 is 17.4 Å². The lowest BCUT2D eigenvalue weighted by Crippen LogP contribution is -2.19. The third-order valence-corrected chi connectivity index (χ3v) is 3.58. The van der Waals surface area contributed by atoms with Crippen LogP contribution in [0.2, 0.25) is 0 Å². The Kier molecular flexibility index (Phi) is 7.39. The van der Waals surface area contributed by atoms with Crippen LogP contribution >= 0.6 is 0 Å². The summed E-state index contributed by atoms with van der Waals surface area (Å²) in [5, 5.41) is 5.54. The average molecular weight is 368 g/mol. The highest BCUT2D eigenvalue weighted by Crippen LogP contribution is 2.32. The molecule has 0 saturated carbocycles. The fraction of sp³-hybridized carbons (Fsp3) is 0.200. The number of hydrogen-bond acceptors (Lipinski definition) is 5. The number of nitrogens with two attached hydrogens (primary N) is 1. The Morgan fingerprint density at radius 1 is 1.15 bits per heavy atom. The lowest BCUT2D eigenvalue weighted by Gasteiger charge is -2.11. The Bertz CT molecular complexity index is 863. The van der Waals surface area contributed by atoms with Crippen molar-refractivity contribution < 1.29 is 13.9 Å². The molecule has 1 heterocycles. The molecule has 0 fully saturated rings. The van der Waals surface area contributed by atoms with Gasteiger partial charge in [0.1, 0.15) is 5.75 Å². The Hall–Kier alpha value is -3.32. The zero-order valence-electron chi connectivity index (χ0n) is 15.7. The summed E-state index contributed by atoms with van der Waals surface area (Å²) in [6, 6.07) is 12.3. The average Bonchev–Trinajstić information content (AvgIpc) is 3.24. The van der Waals surface area contributed by atoms with Gasteiger partial charge in [0, 0.05) is 24.0 Å². The van der Waals surface area contributed by atoms with Crippen molar-refractivity contribution in [2.75, 3.05) is 17.7 Å². The van der Waals surface area contributed by atoms with Crippen LogP contribution in [-0.4, -0.2) is 18.1 Å². The van der Waals surface area contributed by atoms with Crippen LogP contribution in [0, 0.1) is 0 Å². The first-order valence-corrected chi connectivity index (χ1v) is 8.63. The van der Waals surface area contributed by atoms with Gasteiger partial charge in [-0.25, -0.2) is 9.78 Å². The van der Waals surface area contributed by atoms with E-state index in [4.69, 9.17) is 14.9 Å². The van der Waals surface area contributed by atoms with Crippen LogP contribution in [0.25, 0.3) is 11.3 Å². The first-order chi connectivity index (χ1) is 13.2. The van der Waals surface area contributed by atoms with Crippen LogP contribution in [0.5, 0.6) is 5.75 Å². The number of carbonyl (C=O) groups excluding carboxylic acids is 1. The van der Waals surface area contributed by atoms with Crippen LogP contribution < -0.4 is 21.1 Å². The van der Waals surface area contributed by atoms with E-state index < -0.39 is 0 Å². The standard InChI is InChI=1S/C18H18N4O3.C2H6/c1-24-16-8-14(5-6-15(16)17-10-20-11-25-17)22-18(23)21-13-4-2-3-12(7-13)9-19;1-2/h2-8,10-11H,9,19H2,1H3,(H2,21,22,23);1-2H3. The summed E-state index contributed by atoms with van der Waals surface area (Å²) >= 11 is 0. The Morgan fingerprint density at radius 3 is 2.52 bits per heavy atom. The molecule has 7 heteroatoms. The highest BCUT2D eigenvalue weighted by Gasteiger charge is 2.11. The van der Waals surface area contributed by atoms with Crippen LogP contribution in [0.3, 0.4) is 0 Å². The van der Waals surface area contributed by atoms with E-state index in [1.54, 1.807) is 37.6 Å². The molecule has 0 saturated heterocycles. The molecule has 142 valence electrons. The number of benzene rings is 2. The molecule has 0 radical (unpaired) electrons. The lowest BCUT2D eigenvalue weighted by atomic mass is 10.1. The number of anilines is 2. The fourth-order valence-corrected chi connectivity index (χ4v) is 2.39. The molecule has 2 aromatic carbocycles. The van der Waals surface area contributed by atoms with E-state index >= 15 is 0 Å². The fourth-order valence-electron chi connectivity index (χ4n) is 2.39. The van der Waals surface area contributed by atoms with Gasteiger partial charge in [-0.15, -0.1) is 0 Å². The molecule has 0 aliphatic carbocycles. The lowest BCUT2D eigenvalue weighted by molar-refractivity contribution is 0.262. The molecule has 0 aliphatic rings. The molecule has 7 nitrogen and oxygen atoms in total. The number of amides is 2. The van der Waals surface area contributed by atoms with Crippen LogP contribution in [-0.2, 0) is 6.54 Å². The third kappa shape index (κ3) is 5.32. The quantitative estimate of drug-likeness (QED) is 0.616. The van der Waals surface area contributed by atoms with Gasteiger partial charge in [-0.05, 0) is 29.8 Å². The number of oxazole rings is 1. The van der Waals surface area contributed by atoms with Crippen molar-refractivity contribution in [3.63, 3.8) is 0 Å². The van der Waals surface area contributed by atoms with Crippen molar-refractivity contribution in [1.29, 1.82) is 0 Å². The maximum atomic E-state index is 12.2. The molecule has 0 unspecified atom stereocenters. The van der Waals surface area contributed by atoms with E-state index in [0.717, 1.165) is 11.1 Å². The SMILES string of the molecule is CC.COc1cc(NC(=O)Nc2cccc(CN)c2)ccc1-c1cnco1. The molecule has 0 spiro atoms. The number of rotatable bonds is 5. The zero-order valence-corrected chi connectivity index (χ0v) is 15.7. The number of ether oxygens (including phenoxy) is 1. The minimum Gasteiger partial charge on any atom is -0.496 e. The minimum atomic E-state index is -0.358. The molecule has 0 aliphatic heterocycles. The summed E-state index contributed by atoms with van der Waals surface area (Å²) in [6.45, 7) is 4.41. The summed E-state index contributed by atoms with van der Waals surface area (Å²) in [6.07, 6.45) is 2.95. The monoisotopic (exact) mass is 368 g/mol. The van der Waals surface area contributed by atoms with Gasteiger partial charge in [-0.2, -0.15) is 0 Å². The normalized spacial score (nSPS) is 9.78. The Balaban J connectivity index is 0.00000126. The summed E-state index contributed by atoms with van der Waals surface area (Å²) in [4.78, 5) is 16.1.